The summed E-state index contributed by atoms with van der Waals surface area (Å²) < 4.78 is 40.1. The number of hydrogen-bond acceptors (Lipinski definition) is 2. The number of halogens is 3. The van der Waals surface area contributed by atoms with Gasteiger partial charge in [-0.05, 0) is 29.8 Å². The standard InChI is InChI=1S/C16H13F3N2O/c1-20-13-4-3-5-14(10-13)21(2)11-12-6-8-15(9-7-12)22-16(17,18)19/h3-10H,11H2,2H3. The van der Waals surface area contributed by atoms with Gasteiger partial charge in [0.05, 0.1) is 6.57 Å². The molecule has 0 amide bonds. The number of ether oxygens (including phenoxy) is 1. The van der Waals surface area contributed by atoms with Crippen molar-refractivity contribution in [2.45, 2.75) is 12.9 Å². The van der Waals surface area contributed by atoms with Crippen molar-refractivity contribution in [2.75, 3.05) is 11.9 Å². The number of benzene rings is 2. The van der Waals surface area contributed by atoms with E-state index in [4.69, 9.17) is 6.57 Å². The molecule has 2 aromatic carbocycles. The zero-order chi connectivity index (χ0) is 16.2. The first-order chi connectivity index (χ1) is 10.4. The lowest BCUT2D eigenvalue weighted by Crippen LogP contribution is -2.18. The van der Waals surface area contributed by atoms with Gasteiger partial charge in [-0.15, -0.1) is 13.2 Å². The van der Waals surface area contributed by atoms with Gasteiger partial charge in [-0.1, -0.05) is 24.3 Å². The van der Waals surface area contributed by atoms with Gasteiger partial charge in [0.15, 0.2) is 5.69 Å². The summed E-state index contributed by atoms with van der Waals surface area (Å²) >= 11 is 0. The highest BCUT2D eigenvalue weighted by molar-refractivity contribution is 5.58. The average Bonchev–Trinajstić information content (AvgIpc) is 2.48. The molecule has 22 heavy (non-hydrogen) atoms. The lowest BCUT2D eigenvalue weighted by Gasteiger charge is -2.20. The number of rotatable bonds is 4. The second kappa shape index (κ2) is 6.39. The fraction of sp³-hybridized carbons (Fsp3) is 0.188. The smallest absolute Gasteiger partial charge is 0.406 e. The molecule has 114 valence electrons. The van der Waals surface area contributed by atoms with Gasteiger partial charge in [0.25, 0.3) is 0 Å². The number of anilines is 1. The maximum atomic E-state index is 12.1. The second-order valence-corrected chi connectivity index (χ2v) is 4.68. The van der Waals surface area contributed by atoms with Crippen LogP contribution in [0.3, 0.4) is 0 Å². The Hall–Kier alpha value is -2.68. The number of nitrogens with zero attached hydrogens (tertiary/aromatic N) is 2. The van der Waals surface area contributed by atoms with Gasteiger partial charge in [-0.25, -0.2) is 4.85 Å². The third-order valence-electron chi connectivity index (χ3n) is 2.98. The molecule has 0 aliphatic heterocycles. The van der Waals surface area contributed by atoms with Crippen LogP contribution in [0.2, 0.25) is 0 Å². The van der Waals surface area contributed by atoms with E-state index in [2.05, 4.69) is 9.58 Å². The molecule has 0 aromatic heterocycles. The summed E-state index contributed by atoms with van der Waals surface area (Å²) in [5.41, 5.74) is 2.24. The van der Waals surface area contributed by atoms with Crippen molar-refractivity contribution < 1.29 is 17.9 Å². The van der Waals surface area contributed by atoms with Gasteiger partial charge in [0, 0.05) is 19.3 Å². The summed E-state index contributed by atoms with van der Waals surface area (Å²) in [7, 11) is 1.85. The molecule has 0 radical (unpaired) electrons. The molecule has 3 nitrogen and oxygen atoms in total. The second-order valence-electron chi connectivity index (χ2n) is 4.68. The van der Waals surface area contributed by atoms with Crippen LogP contribution in [0.15, 0.2) is 48.5 Å². The van der Waals surface area contributed by atoms with Gasteiger partial charge in [0.1, 0.15) is 5.75 Å². The number of hydrogen-bond donors (Lipinski definition) is 0. The van der Waals surface area contributed by atoms with Crippen LogP contribution in [0.4, 0.5) is 24.5 Å². The highest BCUT2D eigenvalue weighted by Gasteiger charge is 2.30. The van der Waals surface area contributed by atoms with E-state index in [0.29, 0.717) is 12.2 Å². The molecule has 0 heterocycles. The minimum atomic E-state index is -4.68. The molecule has 0 atom stereocenters. The van der Waals surface area contributed by atoms with Gasteiger partial charge >= 0.3 is 6.36 Å². The van der Waals surface area contributed by atoms with Crippen LogP contribution in [0, 0.1) is 6.57 Å². The predicted octanol–water partition coefficient (Wildman–Crippen LogP) is 4.77. The monoisotopic (exact) mass is 306 g/mol. The molecule has 6 heteroatoms. The summed E-state index contributed by atoms with van der Waals surface area (Å²) in [4.78, 5) is 5.28. The Balaban J connectivity index is 2.05. The maximum absolute atomic E-state index is 12.1. The van der Waals surface area contributed by atoms with Crippen LogP contribution < -0.4 is 9.64 Å². The van der Waals surface area contributed by atoms with Crippen molar-refractivity contribution in [1.82, 2.24) is 0 Å². The third kappa shape index (κ3) is 4.42. The van der Waals surface area contributed by atoms with E-state index in [0.717, 1.165) is 11.3 Å². The Morgan fingerprint density at radius 2 is 1.82 bits per heavy atom. The minimum absolute atomic E-state index is 0.242. The van der Waals surface area contributed by atoms with Crippen molar-refractivity contribution in [3.05, 3.63) is 65.5 Å². The van der Waals surface area contributed by atoms with Crippen LogP contribution in [0.25, 0.3) is 4.85 Å². The molecular formula is C16H13F3N2O. The molecule has 0 bridgehead atoms. The molecule has 0 saturated carbocycles. The lowest BCUT2D eigenvalue weighted by atomic mass is 10.2. The summed E-state index contributed by atoms with van der Waals surface area (Å²) in [5, 5.41) is 0. The van der Waals surface area contributed by atoms with Gasteiger partial charge < -0.3 is 9.64 Å². The van der Waals surface area contributed by atoms with Crippen molar-refractivity contribution in [2.24, 2.45) is 0 Å². The lowest BCUT2D eigenvalue weighted by molar-refractivity contribution is -0.274. The van der Waals surface area contributed by atoms with E-state index in [1.54, 1.807) is 30.3 Å². The fourth-order valence-corrected chi connectivity index (χ4v) is 1.96. The van der Waals surface area contributed by atoms with Crippen molar-refractivity contribution in [3.63, 3.8) is 0 Å². The minimum Gasteiger partial charge on any atom is -0.406 e. The van der Waals surface area contributed by atoms with E-state index >= 15 is 0 Å². The summed E-state index contributed by atoms with van der Waals surface area (Å²) in [5.74, 6) is -0.242. The molecule has 2 aromatic rings. The van der Waals surface area contributed by atoms with Gasteiger partial charge in [-0.3, -0.25) is 0 Å². The third-order valence-corrected chi connectivity index (χ3v) is 2.98. The normalized spacial score (nSPS) is 10.9. The first-order valence-electron chi connectivity index (χ1n) is 6.41. The van der Waals surface area contributed by atoms with E-state index < -0.39 is 6.36 Å². The topological polar surface area (TPSA) is 16.8 Å². The van der Waals surface area contributed by atoms with Crippen LogP contribution >= 0.6 is 0 Å². The van der Waals surface area contributed by atoms with E-state index in [1.165, 1.54) is 12.1 Å². The zero-order valence-corrected chi connectivity index (χ0v) is 11.8. The van der Waals surface area contributed by atoms with Crippen LogP contribution in [-0.4, -0.2) is 13.4 Å². The summed E-state index contributed by atoms with van der Waals surface area (Å²) in [6.45, 7) is 7.51. The molecule has 0 aliphatic carbocycles. The highest BCUT2D eigenvalue weighted by Crippen LogP contribution is 2.25. The fourth-order valence-electron chi connectivity index (χ4n) is 1.96. The Morgan fingerprint density at radius 1 is 1.14 bits per heavy atom. The first kappa shape index (κ1) is 15.7. The van der Waals surface area contributed by atoms with Crippen LogP contribution in [-0.2, 0) is 6.54 Å². The van der Waals surface area contributed by atoms with Gasteiger partial charge in [0.2, 0.25) is 0 Å². The largest absolute Gasteiger partial charge is 0.573 e. The van der Waals surface area contributed by atoms with Crippen molar-refractivity contribution in [3.8, 4) is 5.75 Å². The van der Waals surface area contributed by atoms with Crippen molar-refractivity contribution >= 4 is 11.4 Å². The Labute approximate surface area is 126 Å². The zero-order valence-electron chi connectivity index (χ0n) is 11.8. The van der Waals surface area contributed by atoms with Gasteiger partial charge in [-0.2, -0.15) is 0 Å². The SMILES string of the molecule is [C-]#[N+]c1cccc(N(C)Cc2ccc(OC(F)(F)F)cc2)c1. The van der Waals surface area contributed by atoms with Crippen LogP contribution in [0.1, 0.15) is 5.56 Å². The quantitative estimate of drug-likeness (QED) is 0.757. The molecule has 0 unspecified atom stereocenters. The maximum Gasteiger partial charge on any atom is 0.573 e. The molecular weight excluding hydrogens is 293 g/mol. The first-order valence-corrected chi connectivity index (χ1v) is 6.41. The molecule has 0 spiro atoms. The van der Waals surface area contributed by atoms with E-state index in [1.807, 2.05) is 18.0 Å². The van der Waals surface area contributed by atoms with Crippen LogP contribution in [0.5, 0.6) is 5.75 Å². The molecule has 0 saturated heterocycles. The van der Waals surface area contributed by atoms with E-state index in [-0.39, 0.29) is 5.75 Å². The number of alkyl halides is 3. The Morgan fingerprint density at radius 3 is 2.41 bits per heavy atom. The van der Waals surface area contributed by atoms with E-state index in [9.17, 15) is 13.2 Å². The predicted molar refractivity (Wildman–Crippen MR) is 77.9 cm³/mol. The molecule has 0 fully saturated rings. The highest BCUT2D eigenvalue weighted by atomic mass is 19.4. The Kier molecular flexibility index (Phi) is 4.56. The average molecular weight is 306 g/mol. The molecule has 0 aliphatic rings. The summed E-state index contributed by atoms with van der Waals surface area (Å²) in [6, 6.07) is 12.9. The van der Waals surface area contributed by atoms with Crippen molar-refractivity contribution in [1.29, 1.82) is 0 Å². The summed E-state index contributed by atoms with van der Waals surface area (Å²) in [6.07, 6.45) is -4.68. The molecule has 2 rings (SSSR count). The molecule has 0 N–H and O–H groups in total. The Bertz CT molecular complexity index is 675.